The molecule has 8 nitrogen and oxygen atoms in total. The lowest BCUT2D eigenvalue weighted by Gasteiger charge is -2.18. The topological polar surface area (TPSA) is 100 Å². The minimum Gasteiger partial charge on any atom is -0.488 e. The van der Waals surface area contributed by atoms with Gasteiger partial charge in [-0.1, -0.05) is 50.3 Å². The van der Waals surface area contributed by atoms with Crippen molar-refractivity contribution < 1.29 is 9.53 Å². The number of hydrogen-bond acceptors (Lipinski definition) is 8. The van der Waals surface area contributed by atoms with Crippen LogP contribution in [0.3, 0.4) is 0 Å². The highest BCUT2D eigenvalue weighted by Gasteiger charge is 2.35. The summed E-state index contributed by atoms with van der Waals surface area (Å²) in [4.78, 5) is 32.5. The molecule has 0 aliphatic carbocycles. The largest absolute Gasteiger partial charge is 0.488 e. The van der Waals surface area contributed by atoms with Gasteiger partial charge in [0.2, 0.25) is 0 Å². The molecule has 1 amide bonds. The number of likely N-dealkylation sites (N-methyl/N-ethyl adjacent to an activating group) is 1. The molecule has 0 unspecified atom stereocenters. The van der Waals surface area contributed by atoms with Crippen LogP contribution in [0.2, 0.25) is 0 Å². The number of ether oxygens (including phenoxy) is 1. The molecule has 1 aliphatic heterocycles. The molecule has 2 aromatic heterocycles. The number of nitrogens with zero attached hydrogens (tertiary/aromatic N) is 3. The molecule has 1 saturated heterocycles. The number of H-pyrrole nitrogens is 1. The standard InChI is InChI=1S/C29H33N5O3S2/c1-5-23-25(38-27(31-23)20-8-6-7-19(13-20)17(2)3)16-37-21-11-9-18(10-12-21)26(35)30-24-15-34(4)14-22(24)28-32-33-29(36)39-28/h6-13,17,22,24H,5,14-16H2,1-4H3,(H,30,35)(H,33,36)/t22-,24+/m0/s1. The summed E-state index contributed by atoms with van der Waals surface area (Å²) in [5.41, 5.74) is 4.06. The summed E-state index contributed by atoms with van der Waals surface area (Å²) in [7, 11) is 2.00. The zero-order valence-electron chi connectivity index (χ0n) is 22.6. The molecule has 5 rings (SSSR count). The molecule has 2 atom stereocenters. The Morgan fingerprint density at radius 1 is 1.18 bits per heavy atom. The minimum atomic E-state index is -0.179. The van der Waals surface area contributed by atoms with Crippen LogP contribution in [0.5, 0.6) is 5.75 Å². The van der Waals surface area contributed by atoms with E-state index in [2.05, 4.69) is 65.5 Å². The van der Waals surface area contributed by atoms with Gasteiger partial charge in [-0.05, 0) is 55.3 Å². The lowest BCUT2D eigenvalue weighted by molar-refractivity contribution is 0.0935. The van der Waals surface area contributed by atoms with Gasteiger partial charge >= 0.3 is 4.87 Å². The van der Waals surface area contributed by atoms with Gasteiger partial charge in [0.15, 0.2) is 0 Å². The van der Waals surface area contributed by atoms with Gasteiger partial charge in [0.25, 0.3) is 5.91 Å². The maximum atomic E-state index is 13.0. The molecule has 0 saturated carbocycles. The van der Waals surface area contributed by atoms with Gasteiger partial charge in [-0.15, -0.1) is 11.3 Å². The van der Waals surface area contributed by atoms with E-state index in [-0.39, 0.29) is 22.7 Å². The van der Waals surface area contributed by atoms with E-state index in [9.17, 15) is 9.59 Å². The summed E-state index contributed by atoms with van der Waals surface area (Å²) in [5, 5.41) is 11.5. The summed E-state index contributed by atoms with van der Waals surface area (Å²) < 4.78 is 6.10. The van der Waals surface area contributed by atoms with E-state index in [0.717, 1.165) is 50.5 Å². The minimum absolute atomic E-state index is 0.0181. The van der Waals surface area contributed by atoms with Crippen molar-refractivity contribution in [2.75, 3.05) is 20.1 Å². The van der Waals surface area contributed by atoms with E-state index < -0.39 is 0 Å². The molecule has 4 aromatic rings. The van der Waals surface area contributed by atoms with Crippen LogP contribution in [-0.4, -0.2) is 52.2 Å². The Bertz CT molecular complexity index is 1490. The van der Waals surface area contributed by atoms with Gasteiger partial charge in [-0.2, -0.15) is 5.10 Å². The van der Waals surface area contributed by atoms with E-state index in [1.165, 1.54) is 5.56 Å². The molecule has 1 fully saturated rings. The van der Waals surface area contributed by atoms with Crippen molar-refractivity contribution in [2.24, 2.45) is 0 Å². The van der Waals surface area contributed by atoms with Crippen LogP contribution >= 0.6 is 22.7 Å². The summed E-state index contributed by atoms with van der Waals surface area (Å²) in [6.07, 6.45) is 0.838. The number of carbonyl (C=O) groups is 1. The van der Waals surface area contributed by atoms with Gasteiger partial charge in [0, 0.05) is 30.1 Å². The number of aromatic amines is 1. The van der Waals surface area contributed by atoms with Gasteiger partial charge in [0.1, 0.15) is 22.4 Å². The van der Waals surface area contributed by atoms with Crippen molar-refractivity contribution in [3.63, 3.8) is 0 Å². The molecule has 2 N–H and O–H groups in total. The highest BCUT2D eigenvalue weighted by atomic mass is 32.1. The zero-order valence-corrected chi connectivity index (χ0v) is 24.2. The Morgan fingerprint density at radius 2 is 1.97 bits per heavy atom. The van der Waals surface area contributed by atoms with Crippen molar-refractivity contribution in [1.29, 1.82) is 0 Å². The van der Waals surface area contributed by atoms with Crippen LogP contribution < -0.4 is 14.9 Å². The number of nitrogens with one attached hydrogen (secondary N) is 2. The van der Waals surface area contributed by atoms with Crippen LogP contribution in [0.25, 0.3) is 10.6 Å². The first kappa shape index (κ1) is 27.2. The van der Waals surface area contributed by atoms with Crippen LogP contribution in [0, 0.1) is 0 Å². The molecule has 3 heterocycles. The smallest absolute Gasteiger partial charge is 0.322 e. The fraction of sp³-hybridized carbons (Fsp3) is 0.379. The van der Waals surface area contributed by atoms with Crippen molar-refractivity contribution in [3.8, 4) is 16.3 Å². The number of aryl methyl sites for hydroxylation is 1. The lowest BCUT2D eigenvalue weighted by Crippen LogP contribution is -2.39. The van der Waals surface area contributed by atoms with Gasteiger partial charge < -0.3 is 15.0 Å². The number of rotatable bonds is 9. The van der Waals surface area contributed by atoms with E-state index >= 15 is 0 Å². The molecule has 1 aliphatic rings. The molecule has 0 spiro atoms. The second-order valence-corrected chi connectivity index (χ2v) is 12.3. The first-order valence-electron chi connectivity index (χ1n) is 13.2. The van der Waals surface area contributed by atoms with Crippen LogP contribution in [0.1, 0.15) is 64.1 Å². The maximum absolute atomic E-state index is 13.0. The second kappa shape index (κ2) is 11.8. The first-order valence-corrected chi connectivity index (χ1v) is 14.8. The van der Waals surface area contributed by atoms with E-state index in [1.807, 2.05) is 19.2 Å². The number of carbonyl (C=O) groups excluding carboxylic acids is 1. The number of likely N-dealkylation sites (tertiary alicyclic amines) is 1. The molecular formula is C29H33N5O3S2. The normalized spacial score (nSPS) is 17.6. The Morgan fingerprint density at radius 3 is 2.67 bits per heavy atom. The average molecular weight is 564 g/mol. The molecular weight excluding hydrogens is 530 g/mol. The molecule has 10 heteroatoms. The third-order valence-corrected chi connectivity index (χ3v) is 8.99. The quantitative estimate of drug-likeness (QED) is 0.296. The van der Waals surface area contributed by atoms with E-state index in [1.54, 1.807) is 23.5 Å². The highest BCUT2D eigenvalue weighted by molar-refractivity contribution is 7.15. The monoisotopic (exact) mass is 563 g/mol. The van der Waals surface area contributed by atoms with Crippen LogP contribution in [0.4, 0.5) is 0 Å². The zero-order chi connectivity index (χ0) is 27.5. The number of thiazole rings is 1. The Labute approximate surface area is 236 Å². The van der Waals surface area contributed by atoms with Crippen molar-refractivity contribution in [3.05, 3.63) is 84.9 Å². The highest BCUT2D eigenvalue weighted by Crippen LogP contribution is 2.31. The Balaban J connectivity index is 1.22. The molecule has 204 valence electrons. The fourth-order valence-electron chi connectivity index (χ4n) is 4.83. The third-order valence-electron chi connectivity index (χ3n) is 6.99. The summed E-state index contributed by atoms with van der Waals surface area (Å²) in [6, 6.07) is 15.7. The van der Waals surface area contributed by atoms with Crippen molar-refractivity contribution in [1.82, 2.24) is 25.4 Å². The summed E-state index contributed by atoms with van der Waals surface area (Å²) >= 11 is 2.78. The Kier molecular flexibility index (Phi) is 8.25. The first-order chi connectivity index (χ1) is 18.8. The van der Waals surface area contributed by atoms with Crippen LogP contribution in [-0.2, 0) is 13.0 Å². The molecule has 0 bridgehead atoms. The second-order valence-electron chi connectivity index (χ2n) is 10.2. The summed E-state index contributed by atoms with van der Waals surface area (Å²) in [6.45, 7) is 8.37. The fourth-order valence-corrected chi connectivity index (χ4v) is 6.65. The predicted molar refractivity (Wildman–Crippen MR) is 156 cm³/mol. The van der Waals surface area contributed by atoms with Gasteiger partial charge in [-0.25, -0.2) is 10.1 Å². The van der Waals surface area contributed by atoms with Crippen LogP contribution in [0.15, 0.2) is 53.3 Å². The average Bonchev–Trinajstić information content (AvgIpc) is 3.65. The van der Waals surface area contributed by atoms with Crippen molar-refractivity contribution >= 4 is 28.6 Å². The molecule has 0 radical (unpaired) electrons. The SMILES string of the molecule is CCc1nc(-c2cccc(C(C)C)c2)sc1COc1ccc(C(=O)N[C@@H]2CN(C)C[C@@H]2c2n[nH]c(=O)s2)cc1. The van der Waals surface area contributed by atoms with E-state index in [0.29, 0.717) is 30.4 Å². The van der Waals surface area contributed by atoms with Gasteiger partial charge in [-0.3, -0.25) is 9.59 Å². The van der Waals surface area contributed by atoms with Gasteiger partial charge in [0.05, 0.1) is 16.6 Å². The third kappa shape index (κ3) is 6.29. The molecule has 2 aromatic carbocycles. The number of benzene rings is 2. The number of aromatic nitrogens is 3. The van der Waals surface area contributed by atoms with E-state index in [4.69, 9.17) is 9.72 Å². The number of amides is 1. The summed E-state index contributed by atoms with van der Waals surface area (Å²) in [5.74, 6) is 0.993. The lowest BCUT2D eigenvalue weighted by atomic mass is 10.0. The maximum Gasteiger partial charge on any atom is 0.322 e. The predicted octanol–water partition coefficient (Wildman–Crippen LogP) is 5.05. The number of hydrogen-bond donors (Lipinski definition) is 2. The Hall–Kier alpha value is -3.34. The van der Waals surface area contributed by atoms with Crippen molar-refractivity contribution in [2.45, 2.75) is 51.7 Å². The molecule has 39 heavy (non-hydrogen) atoms.